The molecule has 1 heterocycles. The van der Waals surface area contributed by atoms with Crippen LogP contribution < -0.4 is 15.5 Å². The summed E-state index contributed by atoms with van der Waals surface area (Å²) in [6, 6.07) is 15.3. The molecule has 0 atom stereocenters. The molecule has 0 aliphatic carbocycles. The summed E-state index contributed by atoms with van der Waals surface area (Å²) in [5.41, 5.74) is 3.51. The van der Waals surface area contributed by atoms with E-state index in [1.54, 1.807) is 19.1 Å². The molecular formula is C22H28N4O2. The van der Waals surface area contributed by atoms with Crippen molar-refractivity contribution in [2.45, 2.75) is 13.3 Å². The van der Waals surface area contributed by atoms with Crippen molar-refractivity contribution in [1.29, 1.82) is 0 Å². The zero-order valence-electron chi connectivity index (χ0n) is 16.6. The van der Waals surface area contributed by atoms with Gasteiger partial charge in [-0.15, -0.1) is 0 Å². The van der Waals surface area contributed by atoms with Gasteiger partial charge in [-0.3, -0.25) is 9.59 Å². The van der Waals surface area contributed by atoms with Gasteiger partial charge in [0.1, 0.15) is 0 Å². The summed E-state index contributed by atoms with van der Waals surface area (Å²) < 4.78 is 0. The van der Waals surface area contributed by atoms with Crippen LogP contribution in [0.25, 0.3) is 0 Å². The number of carbonyl (C=O) groups excluding carboxylic acids is 2. The van der Waals surface area contributed by atoms with Crippen LogP contribution in [-0.4, -0.2) is 56.4 Å². The highest BCUT2D eigenvalue weighted by atomic mass is 16.1. The molecule has 148 valence electrons. The molecule has 0 radical (unpaired) electrons. The number of benzene rings is 2. The standard InChI is InChI=1S/C22H28N4O2/c1-17(27)18-4-3-5-20(16-18)23-11-10-22(28)24-19-6-8-21(9-7-19)26-14-12-25(2)13-15-26/h3-9,16,23H,10-15H2,1-2H3,(H,24,28). The second kappa shape index (κ2) is 9.37. The number of Topliss-reactive ketones (excluding diaryl/α,β-unsaturated/α-hetero) is 1. The van der Waals surface area contributed by atoms with Crippen molar-refractivity contribution in [3.8, 4) is 0 Å². The number of anilines is 3. The lowest BCUT2D eigenvalue weighted by Crippen LogP contribution is -2.44. The molecule has 1 saturated heterocycles. The monoisotopic (exact) mass is 380 g/mol. The largest absolute Gasteiger partial charge is 0.385 e. The molecule has 6 nitrogen and oxygen atoms in total. The van der Waals surface area contributed by atoms with E-state index in [0.717, 1.165) is 37.6 Å². The van der Waals surface area contributed by atoms with Crippen LogP contribution in [-0.2, 0) is 4.79 Å². The SMILES string of the molecule is CC(=O)c1cccc(NCCC(=O)Nc2ccc(N3CCN(C)CC3)cc2)c1. The summed E-state index contributed by atoms with van der Waals surface area (Å²) in [4.78, 5) is 28.3. The Labute approximate surface area is 166 Å². The number of hydrogen-bond acceptors (Lipinski definition) is 5. The third-order valence-corrected chi connectivity index (χ3v) is 4.97. The summed E-state index contributed by atoms with van der Waals surface area (Å²) >= 11 is 0. The Balaban J connectivity index is 1.44. The van der Waals surface area contributed by atoms with Crippen LogP contribution in [0, 0.1) is 0 Å². The fourth-order valence-corrected chi connectivity index (χ4v) is 3.21. The van der Waals surface area contributed by atoms with Crippen LogP contribution in [0.15, 0.2) is 48.5 Å². The van der Waals surface area contributed by atoms with E-state index in [1.807, 2.05) is 24.3 Å². The van der Waals surface area contributed by atoms with Gasteiger partial charge in [-0.25, -0.2) is 0 Å². The lowest BCUT2D eigenvalue weighted by molar-refractivity contribution is -0.115. The summed E-state index contributed by atoms with van der Waals surface area (Å²) in [6.45, 7) is 6.24. The van der Waals surface area contributed by atoms with Crippen LogP contribution in [0.5, 0.6) is 0 Å². The molecular weight excluding hydrogens is 352 g/mol. The van der Waals surface area contributed by atoms with Gasteiger partial charge in [0.25, 0.3) is 0 Å². The molecule has 2 aromatic carbocycles. The van der Waals surface area contributed by atoms with E-state index in [2.05, 4.69) is 39.6 Å². The molecule has 28 heavy (non-hydrogen) atoms. The topological polar surface area (TPSA) is 64.7 Å². The molecule has 0 aromatic heterocycles. The Kier molecular flexibility index (Phi) is 6.66. The number of rotatable bonds is 7. The zero-order chi connectivity index (χ0) is 19.9. The second-order valence-corrected chi connectivity index (χ2v) is 7.20. The minimum Gasteiger partial charge on any atom is -0.385 e. The average Bonchev–Trinajstić information content (AvgIpc) is 2.69. The summed E-state index contributed by atoms with van der Waals surface area (Å²) in [6.07, 6.45) is 0.352. The van der Waals surface area contributed by atoms with Crippen molar-refractivity contribution in [3.63, 3.8) is 0 Å². The van der Waals surface area contributed by atoms with Crippen molar-refractivity contribution < 1.29 is 9.59 Å². The van der Waals surface area contributed by atoms with E-state index in [-0.39, 0.29) is 11.7 Å². The van der Waals surface area contributed by atoms with E-state index in [0.29, 0.717) is 18.5 Å². The lowest BCUT2D eigenvalue weighted by atomic mass is 10.1. The minimum absolute atomic E-state index is 0.0291. The molecule has 1 amide bonds. The Morgan fingerprint density at radius 2 is 1.68 bits per heavy atom. The molecule has 0 spiro atoms. The number of carbonyl (C=O) groups is 2. The molecule has 6 heteroatoms. The highest BCUT2D eigenvalue weighted by Crippen LogP contribution is 2.19. The van der Waals surface area contributed by atoms with Gasteiger partial charge in [-0.05, 0) is 50.4 Å². The molecule has 1 aliphatic rings. The number of nitrogens with zero attached hydrogens (tertiary/aromatic N) is 2. The predicted molar refractivity (Wildman–Crippen MR) is 114 cm³/mol. The maximum absolute atomic E-state index is 12.2. The zero-order valence-corrected chi connectivity index (χ0v) is 16.6. The van der Waals surface area contributed by atoms with Crippen molar-refractivity contribution in [1.82, 2.24) is 4.90 Å². The predicted octanol–water partition coefficient (Wildman–Crippen LogP) is 3.08. The van der Waals surface area contributed by atoms with E-state index >= 15 is 0 Å². The van der Waals surface area contributed by atoms with Gasteiger partial charge < -0.3 is 20.4 Å². The van der Waals surface area contributed by atoms with Crippen LogP contribution in [0.4, 0.5) is 17.1 Å². The maximum atomic E-state index is 12.2. The Hall–Kier alpha value is -2.86. The molecule has 0 saturated carbocycles. The number of hydrogen-bond donors (Lipinski definition) is 2. The first kappa shape index (κ1) is 19.9. The summed E-state index contributed by atoms with van der Waals surface area (Å²) in [5, 5.41) is 6.12. The quantitative estimate of drug-likeness (QED) is 0.723. The number of nitrogens with one attached hydrogen (secondary N) is 2. The van der Waals surface area contributed by atoms with Gasteiger partial charge in [0.05, 0.1) is 0 Å². The fourth-order valence-electron chi connectivity index (χ4n) is 3.21. The normalized spacial score (nSPS) is 14.6. The van der Waals surface area contributed by atoms with Crippen molar-refractivity contribution in [3.05, 3.63) is 54.1 Å². The van der Waals surface area contributed by atoms with Crippen molar-refractivity contribution in [2.75, 3.05) is 55.3 Å². The first-order chi connectivity index (χ1) is 13.5. The van der Waals surface area contributed by atoms with Gasteiger partial charge >= 0.3 is 0 Å². The summed E-state index contributed by atoms with van der Waals surface area (Å²) in [7, 11) is 2.14. The van der Waals surface area contributed by atoms with E-state index < -0.39 is 0 Å². The van der Waals surface area contributed by atoms with Gasteiger partial charge in [0.2, 0.25) is 5.91 Å². The summed E-state index contributed by atoms with van der Waals surface area (Å²) in [5.74, 6) is -0.0102. The third kappa shape index (κ3) is 5.57. The first-order valence-electron chi connectivity index (χ1n) is 9.69. The second-order valence-electron chi connectivity index (χ2n) is 7.20. The number of likely N-dealkylation sites (N-methyl/N-ethyl adjacent to an activating group) is 1. The molecule has 0 bridgehead atoms. The molecule has 2 aromatic rings. The molecule has 2 N–H and O–H groups in total. The maximum Gasteiger partial charge on any atom is 0.226 e. The highest BCUT2D eigenvalue weighted by Gasteiger charge is 2.14. The average molecular weight is 380 g/mol. The van der Waals surface area contributed by atoms with E-state index in [9.17, 15) is 9.59 Å². The Morgan fingerprint density at radius 1 is 0.964 bits per heavy atom. The smallest absolute Gasteiger partial charge is 0.226 e. The van der Waals surface area contributed by atoms with Crippen LogP contribution >= 0.6 is 0 Å². The highest BCUT2D eigenvalue weighted by molar-refractivity contribution is 5.95. The molecule has 0 unspecified atom stereocenters. The number of ketones is 1. The first-order valence-corrected chi connectivity index (χ1v) is 9.69. The van der Waals surface area contributed by atoms with Crippen LogP contribution in [0.3, 0.4) is 0 Å². The van der Waals surface area contributed by atoms with Gasteiger partial charge in [-0.1, -0.05) is 12.1 Å². The van der Waals surface area contributed by atoms with Gasteiger partial charge in [0.15, 0.2) is 5.78 Å². The van der Waals surface area contributed by atoms with E-state index in [1.165, 1.54) is 5.69 Å². The minimum atomic E-state index is -0.0393. The molecule has 1 fully saturated rings. The number of piperazine rings is 1. The van der Waals surface area contributed by atoms with Gasteiger partial charge in [0, 0.05) is 61.8 Å². The van der Waals surface area contributed by atoms with E-state index in [4.69, 9.17) is 0 Å². The molecule has 3 rings (SSSR count). The van der Waals surface area contributed by atoms with Gasteiger partial charge in [-0.2, -0.15) is 0 Å². The van der Waals surface area contributed by atoms with Crippen LogP contribution in [0.1, 0.15) is 23.7 Å². The Morgan fingerprint density at radius 3 is 2.36 bits per heavy atom. The third-order valence-electron chi connectivity index (χ3n) is 4.97. The Bertz CT molecular complexity index is 812. The molecule has 1 aliphatic heterocycles. The number of amides is 1. The van der Waals surface area contributed by atoms with Crippen molar-refractivity contribution in [2.24, 2.45) is 0 Å². The van der Waals surface area contributed by atoms with Crippen molar-refractivity contribution >= 4 is 28.8 Å². The fraction of sp³-hybridized carbons (Fsp3) is 0.364. The van der Waals surface area contributed by atoms with Crippen LogP contribution in [0.2, 0.25) is 0 Å². The lowest BCUT2D eigenvalue weighted by Gasteiger charge is -2.34.